The number of hydrogen-bond donors (Lipinski definition) is 0. The molecule has 0 fully saturated rings. The van der Waals surface area contributed by atoms with Gasteiger partial charge in [-0.3, -0.25) is 0 Å². The maximum atomic E-state index is 12.8. The van der Waals surface area contributed by atoms with Gasteiger partial charge in [0.25, 0.3) is 0 Å². The Labute approximate surface area is 85.5 Å². The van der Waals surface area contributed by atoms with Gasteiger partial charge in [-0.25, -0.2) is 0 Å². The van der Waals surface area contributed by atoms with Gasteiger partial charge in [0, 0.05) is 0 Å². The largest absolute Gasteiger partial charge is 1.00 e. The van der Waals surface area contributed by atoms with Crippen molar-refractivity contribution in [2.75, 3.05) is 0 Å². The molecule has 0 saturated heterocycles. The molecular weight excluding hydrogens is 208 g/mol. The topological polar surface area (TPSA) is 0 Å². The summed E-state index contributed by atoms with van der Waals surface area (Å²) < 4.78 is 47.3. The number of allylic oxidation sites excluding steroid dienone is 4. The van der Waals surface area contributed by atoms with E-state index < -0.39 is 21.6 Å². The minimum Gasteiger partial charge on any atom is -1.00 e. The van der Waals surface area contributed by atoms with E-state index in [1.807, 2.05) is 0 Å². The number of hydrogen-bond acceptors (Lipinski definition) is 0. The Morgan fingerprint density at radius 1 is 1.33 bits per heavy atom. The summed E-state index contributed by atoms with van der Waals surface area (Å²) in [5.41, 5.74) is 0. The summed E-state index contributed by atoms with van der Waals surface area (Å²) in [6.07, 6.45) is -1.49. The minimum absolute atomic E-state index is 0. The van der Waals surface area contributed by atoms with Crippen molar-refractivity contribution in [2.45, 2.75) is 9.97 Å². The van der Waals surface area contributed by atoms with E-state index in [0.717, 1.165) is 0 Å². The van der Waals surface area contributed by atoms with Gasteiger partial charge in [0.05, 0.1) is 0 Å². The van der Waals surface area contributed by atoms with Crippen molar-refractivity contribution in [3.05, 3.63) is 23.8 Å². The Kier molecular flexibility index (Phi) is 4.06. The van der Waals surface area contributed by atoms with Crippen LogP contribution >= 0.6 is 0 Å². The van der Waals surface area contributed by atoms with E-state index in [4.69, 9.17) is 0 Å². The number of rotatable bonds is 0. The first-order valence-electron chi connectivity index (χ1n) is 2.88. The van der Waals surface area contributed by atoms with Crippen molar-refractivity contribution in [3.8, 4) is 0 Å². The van der Waals surface area contributed by atoms with E-state index in [1.165, 1.54) is 0 Å². The fourth-order valence-electron chi connectivity index (χ4n) is 0.706. The van der Waals surface area contributed by atoms with Gasteiger partial charge in [-0.1, -0.05) is 0 Å². The molecule has 0 aromatic carbocycles. The molecule has 0 spiro atoms. The van der Waals surface area contributed by atoms with Gasteiger partial charge in [-0.2, -0.15) is 0 Å². The third-order valence-corrected chi connectivity index (χ3v) is 1.94. The smallest absolute Gasteiger partial charge is 1.00 e. The molecule has 1 aliphatic rings. The second kappa shape index (κ2) is 3.98. The van der Waals surface area contributed by atoms with E-state index in [-0.39, 0.29) is 12.4 Å². The van der Waals surface area contributed by atoms with E-state index in [0.29, 0.717) is 33.9 Å². The molecule has 0 saturated carbocycles. The molecule has 0 aromatic rings. The summed E-state index contributed by atoms with van der Waals surface area (Å²) in [4.78, 5) is 0. The summed E-state index contributed by atoms with van der Waals surface area (Å²) in [5.74, 6) is -2.67. The first-order chi connectivity index (χ1) is 4.93. The van der Waals surface area contributed by atoms with Crippen molar-refractivity contribution >= 4 is 21.7 Å². The Morgan fingerprint density at radius 3 is 2.25 bits per heavy atom. The molecule has 0 bridgehead atoms. The van der Waals surface area contributed by atoms with Crippen LogP contribution < -0.4 is 12.4 Å². The average Bonchev–Trinajstić information content (AvgIpc) is 1.83. The summed E-state index contributed by atoms with van der Waals surface area (Å²) in [6.45, 7) is 0. The van der Waals surface area contributed by atoms with Crippen LogP contribution in [0.5, 0.6) is 0 Å². The van der Waals surface area contributed by atoms with Gasteiger partial charge < -0.3 is 12.4 Å². The fourth-order valence-corrected chi connectivity index (χ4v) is 1.00. The van der Waals surface area contributed by atoms with Gasteiger partial charge in [0.1, 0.15) is 0 Å². The Bertz CT molecular complexity index is 236. The van der Waals surface area contributed by atoms with Gasteiger partial charge in [0.2, 0.25) is 0 Å². The van der Waals surface area contributed by atoms with Gasteiger partial charge >= 0.3 is 73.0 Å². The molecule has 0 aromatic heterocycles. The second-order valence-corrected chi connectivity index (χ2v) is 3.42. The molecule has 1 aliphatic carbocycles. The van der Waals surface area contributed by atoms with Gasteiger partial charge in [-0.15, -0.1) is 0 Å². The van der Waals surface area contributed by atoms with Crippen LogP contribution in [0.4, 0.5) is 17.6 Å². The van der Waals surface area contributed by atoms with Crippen LogP contribution in [0, 0.1) is 0 Å². The Morgan fingerprint density at radius 2 is 1.83 bits per heavy atom. The Hall–Kier alpha value is 0.256. The van der Waals surface area contributed by atoms with Crippen LogP contribution in [0.3, 0.4) is 0 Å². The van der Waals surface area contributed by atoms with Gasteiger partial charge in [0.15, 0.2) is 0 Å². The van der Waals surface area contributed by atoms with Crippen molar-refractivity contribution < 1.29 is 30.0 Å². The van der Waals surface area contributed by atoms with E-state index in [1.54, 1.807) is 0 Å². The van der Waals surface area contributed by atoms with Crippen LogP contribution in [0.2, 0.25) is 0 Å². The predicted molar refractivity (Wildman–Crippen MR) is 32.9 cm³/mol. The standard InChI is InChI=1S/C6H3F4.ClH.Mg/c7-3-1-4(8)6(10)2-5(3)9;;/h1-3H;1H;/q;;+1/p-1. The van der Waals surface area contributed by atoms with E-state index in [9.17, 15) is 17.6 Å². The van der Waals surface area contributed by atoms with Crippen LogP contribution in [0.25, 0.3) is 0 Å². The van der Waals surface area contributed by atoms with E-state index >= 15 is 0 Å². The molecule has 0 radical (unpaired) electrons. The molecule has 0 amide bonds. The Balaban J connectivity index is 0.00000121. The zero-order chi connectivity index (χ0) is 8.65. The van der Waals surface area contributed by atoms with Crippen molar-refractivity contribution in [1.29, 1.82) is 0 Å². The SMILES string of the molecule is FC1=CC(F)[C](F)([Mg+])C=C1F.[Cl-]. The number of alkyl halides is 2. The summed E-state index contributed by atoms with van der Waals surface area (Å²) >= 11 is 0.639. The first-order valence-corrected chi connectivity index (χ1v) is 3.58. The van der Waals surface area contributed by atoms with Crippen LogP contribution in [-0.4, -0.2) is 31.7 Å². The van der Waals surface area contributed by atoms with E-state index in [2.05, 4.69) is 0 Å². The van der Waals surface area contributed by atoms with Crippen LogP contribution in [0.15, 0.2) is 23.8 Å². The maximum absolute atomic E-state index is 12.8. The maximum Gasteiger partial charge on any atom is -1.00 e. The predicted octanol–water partition coefficient (Wildman–Crippen LogP) is -1.12. The molecular formula is C6H3ClF4Mg. The molecule has 2 unspecified atom stereocenters. The quantitative estimate of drug-likeness (QED) is 0.351. The molecule has 1 rings (SSSR count). The average molecular weight is 211 g/mol. The molecule has 6 heteroatoms. The fraction of sp³-hybridized carbons (Fsp3) is 0.333. The monoisotopic (exact) mass is 210 g/mol. The molecule has 0 N–H and O–H groups in total. The molecule has 0 nitrogen and oxygen atoms in total. The summed E-state index contributed by atoms with van der Waals surface area (Å²) in [6, 6.07) is 0. The molecule has 64 valence electrons. The zero-order valence-corrected chi connectivity index (χ0v) is 8.00. The normalized spacial score (nSPS) is 35.0. The van der Waals surface area contributed by atoms with Gasteiger partial charge in [-0.05, 0) is 0 Å². The zero-order valence-electron chi connectivity index (χ0n) is 5.83. The second-order valence-electron chi connectivity index (χ2n) is 2.34. The molecule has 12 heavy (non-hydrogen) atoms. The summed E-state index contributed by atoms with van der Waals surface area (Å²) in [5, 5.41) is 0. The van der Waals surface area contributed by atoms with Crippen molar-refractivity contribution in [2.24, 2.45) is 0 Å². The molecule has 0 aliphatic heterocycles. The molecule has 0 heterocycles. The van der Waals surface area contributed by atoms with Crippen LogP contribution in [-0.2, 0) is 0 Å². The van der Waals surface area contributed by atoms with Crippen molar-refractivity contribution in [1.82, 2.24) is 0 Å². The van der Waals surface area contributed by atoms with Crippen LogP contribution in [0.1, 0.15) is 0 Å². The van der Waals surface area contributed by atoms with Crippen molar-refractivity contribution in [3.63, 3.8) is 0 Å². The third kappa shape index (κ3) is 2.37. The first kappa shape index (κ1) is 12.3. The minimum atomic E-state index is -2.40. The third-order valence-electron chi connectivity index (χ3n) is 1.35. The summed E-state index contributed by atoms with van der Waals surface area (Å²) in [7, 11) is 0. The molecule has 2 atom stereocenters. The number of halogens is 5.